The molecule has 8 nitrogen and oxygen atoms in total. The van der Waals surface area contributed by atoms with E-state index in [1.807, 2.05) is 13.8 Å². The summed E-state index contributed by atoms with van der Waals surface area (Å²) in [6.45, 7) is 3.91. The molecular weight excluding hydrogens is 363 g/mol. The van der Waals surface area contributed by atoms with E-state index in [0.29, 0.717) is 17.9 Å². The molecule has 0 fully saturated rings. The second kappa shape index (κ2) is 8.12. The highest BCUT2D eigenvalue weighted by atomic mass is 19.1. The number of amides is 2. The van der Waals surface area contributed by atoms with E-state index in [1.165, 1.54) is 35.5 Å². The average Bonchev–Trinajstić information content (AvgIpc) is 3.11. The average molecular weight is 384 g/mol. The van der Waals surface area contributed by atoms with Crippen LogP contribution in [-0.4, -0.2) is 37.9 Å². The molecule has 2 amide bonds. The molecule has 0 radical (unpaired) electrons. The van der Waals surface area contributed by atoms with Crippen molar-refractivity contribution in [1.29, 1.82) is 0 Å². The predicted molar refractivity (Wildman–Crippen MR) is 101 cm³/mol. The number of carbonyl (C=O) groups is 2. The summed E-state index contributed by atoms with van der Waals surface area (Å²) in [6, 6.07) is 5.56. The van der Waals surface area contributed by atoms with Gasteiger partial charge in [-0.15, -0.1) is 0 Å². The third-order valence-corrected chi connectivity index (χ3v) is 4.60. The number of rotatable bonds is 7. The van der Waals surface area contributed by atoms with Crippen LogP contribution in [0, 0.1) is 19.7 Å². The SMILES string of the molecule is Cc1nc2ncnn2c(C)c1CCC(=O)N(CCC(N)=O)c1ccc(F)cc1. The van der Waals surface area contributed by atoms with Crippen molar-refractivity contribution in [3.63, 3.8) is 0 Å². The Morgan fingerprint density at radius 3 is 2.57 bits per heavy atom. The Morgan fingerprint density at radius 2 is 1.89 bits per heavy atom. The number of primary amides is 1. The lowest BCUT2D eigenvalue weighted by Gasteiger charge is -2.23. The first kappa shape index (κ1) is 19.4. The fourth-order valence-electron chi connectivity index (χ4n) is 3.12. The number of anilines is 1. The van der Waals surface area contributed by atoms with Crippen molar-refractivity contribution in [3.05, 3.63) is 53.4 Å². The van der Waals surface area contributed by atoms with Crippen LogP contribution in [-0.2, 0) is 16.0 Å². The second-order valence-electron chi connectivity index (χ2n) is 6.47. The lowest BCUT2D eigenvalue weighted by Crippen LogP contribution is -2.34. The maximum Gasteiger partial charge on any atom is 0.252 e. The molecule has 0 aliphatic heterocycles. The van der Waals surface area contributed by atoms with Crippen LogP contribution in [0.2, 0.25) is 0 Å². The number of aryl methyl sites for hydroxylation is 2. The van der Waals surface area contributed by atoms with Crippen LogP contribution in [0.3, 0.4) is 0 Å². The van der Waals surface area contributed by atoms with Gasteiger partial charge in [0.15, 0.2) is 0 Å². The van der Waals surface area contributed by atoms with Crippen LogP contribution >= 0.6 is 0 Å². The number of hydrogen-bond acceptors (Lipinski definition) is 5. The largest absolute Gasteiger partial charge is 0.370 e. The molecule has 0 unspecified atom stereocenters. The van der Waals surface area contributed by atoms with Crippen molar-refractivity contribution in [2.45, 2.75) is 33.1 Å². The molecule has 0 spiro atoms. The molecule has 0 aliphatic rings. The second-order valence-corrected chi connectivity index (χ2v) is 6.47. The first-order chi connectivity index (χ1) is 13.4. The standard InChI is InChI=1S/C19H21FN6O2/c1-12-16(13(2)26-19(24-12)22-11-23-26)7-8-18(28)25(10-9-17(21)27)15-5-3-14(20)4-6-15/h3-6,11H,7-10H2,1-2H3,(H2,21,27). The molecule has 0 atom stereocenters. The fraction of sp³-hybridized carbons (Fsp3) is 0.316. The van der Waals surface area contributed by atoms with Crippen LogP contribution in [0.1, 0.15) is 29.8 Å². The van der Waals surface area contributed by atoms with Gasteiger partial charge in [-0.3, -0.25) is 9.59 Å². The zero-order chi connectivity index (χ0) is 20.3. The van der Waals surface area contributed by atoms with Gasteiger partial charge in [0.05, 0.1) is 0 Å². The number of nitrogens with zero attached hydrogens (tertiary/aromatic N) is 5. The third kappa shape index (κ3) is 4.13. The minimum absolute atomic E-state index is 0.0215. The molecule has 0 bridgehead atoms. The van der Waals surface area contributed by atoms with Gasteiger partial charge in [-0.2, -0.15) is 10.1 Å². The Morgan fingerprint density at radius 1 is 1.18 bits per heavy atom. The van der Waals surface area contributed by atoms with Gasteiger partial charge in [-0.25, -0.2) is 13.9 Å². The number of nitrogens with two attached hydrogens (primary N) is 1. The highest BCUT2D eigenvalue weighted by Crippen LogP contribution is 2.19. The van der Waals surface area contributed by atoms with Crippen LogP contribution < -0.4 is 10.6 Å². The van der Waals surface area contributed by atoms with Crippen LogP contribution in [0.4, 0.5) is 10.1 Å². The van der Waals surface area contributed by atoms with E-state index in [-0.39, 0.29) is 25.3 Å². The number of fused-ring (bicyclic) bond motifs is 1. The van der Waals surface area contributed by atoms with Gasteiger partial charge in [-0.05, 0) is 50.1 Å². The van der Waals surface area contributed by atoms with Crippen molar-refractivity contribution in [2.75, 3.05) is 11.4 Å². The molecule has 0 saturated carbocycles. The summed E-state index contributed by atoms with van der Waals surface area (Å²) in [5.41, 5.74) is 8.33. The Bertz CT molecular complexity index is 1020. The van der Waals surface area contributed by atoms with Crippen LogP contribution in [0.15, 0.2) is 30.6 Å². The first-order valence-corrected chi connectivity index (χ1v) is 8.87. The zero-order valence-electron chi connectivity index (χ0n) is 15.7. The van der Waals surface area contributed by atoms with E-state index in [9.17, 15) is 14.0 Å². The molecule has 0 saturated heterocycles. The summed E-state index contributed by atoms with van der Waals surface area (Å²) in [7, 11) is 0. The van der Waals surface area contributed by atoms with Crippen LogP contribution in [0.25, 0.3) is 5.78 Å². The van der Waals surface area contributed by atoms with Crippen molar-refractivity contribution < 1.29 is 14.0 Å². The molecule has 28 heavy (non-hydrogen) atoms. The van der Waals surface area contributed by atoms with Gasteiger partial charge < -0.3 is 10.6 Å². The lowest BCUT2D eigenvalue weighted by atomic mass is 10.1. The molecule has 1 aromatic carbocycles. The van der Waals surface area contributed by atoms with Gasteiger partial charge in [0.25, 0.3) is 5.78 Å². The molecule has 2 heterocycles. The summed E-state index contributed by atoms with van der Waals surface area (Å²) in [5, 5.41) is 4.15. The predicted octanol–water partition coefficient (Wildman–Crippen LogP) is 1.72. The van der Waals surface area contributed by atoms with Crippen molar-refractivity contribution in [1.82, 2.24) is 19.6 Å². The number of carbonyl (C=O) groups excluding carboxylic acids is 2. The summed E-state index contributed by atoms with van der Waals surface area (Å²) in [6.07, 6.45) is 2.10. The topological polar surface area (TPSA) is 106 Å². The van der Waals surface area contributed by atoms with E-state index < -0.39 is 11.7 Å². The normalized spacial score (nSPS) is 11.0. The fourth-order valence-corrected chi connectivity index (χ4v) is 3.12. The summed E-state index contributed by atoms with van der Waals surface area (Å²) >= 11 is 0. The molecule has 3 rings (SSSR count). The van der Waals surface area contributed by atoms with Gasteiger partial charge >= 0.3 is 0 Å². The minimum atomic E-state index is -0.507. The molecule has 0 aliphatic carbocycles. The Labute approximate surface area is 161 Å². The lowest BCUT2D eigenvalue weighted by molar-refractivity contribution is -0.119. The Balaban J connectivity index is 1.80. The van der Waals surface area contributed by atoms with E-state index in [2.05, 4.69) is 15.1 Å². The maximum atomic E-state index is 13.2. The molecular formula is C19H21FN6O2. The van der Waals surface area contributed by atoms with Crippen molar-refractivity contribution in [2.24, 2.45) is 5.73 Å². The number of benzene rings is 1. The number of hydrogen-bond donors (Lipinski definition) is 1. The number of halogens is 1. The van der Waals surface area contributed by atoms with E-state index in [0.717, 1.165) is 17.0 Å². The van der Waals surface area contributed by atoms with E-state index in [1.54, 1.807) is 4.52 Å². The van der Waals surface area contributed by atoms with Gasteiger partial charge in [-0.1, -0.05) is 0 Å². The monoisotopic (exact) mass is 384 g/mol. The summed E-state index contributed by atoms with van der Waals surface area (Å²) in [5.74, 6) is -0.582. The summed E-state index contributed by atoms with van der Waals surface area (Å²) in [4.78, 5) is 34.0. The molecule has 2 aromatic heterocycles. The van der Waals surface area contributed by atoms with E-state index >= 15 is 0 Å². The molecule has 146 valence electrons. The van der Waals surface area contributed by atoms with Crippen molar-refractivity contribution in [3.8, 4) is 0 Å². The minimum Gasteiger partial charge on any atom is -0.370 e. The first-order valence-electron chi connectivity index (χ1n) is 8.87. The summed E-state index contributed by atoms with van der Waals surface area (Å²) < 4.78 is 14.9. The Hall–Kier alpha value is -3.36. The molecule has 2 N–H and O–H groups in total. The Kier molecular flexibility index (Phi) is 5.62. The highest BCUT2D eigenvalue weighted by molar-refractivity contribution is 5.94. The van der Waals surface area contributed by atoms with Gasteiger partial charge in [0.2, 0.25) is 11.8 Å². The maximum absolute atomic E-state index is 13.2. The highest BCUT2D eigenvalue weighted by Gasteiger charge is 2.19. The number of aromatic nitrogens is 4. The van der Waals surface area contributed by atoms with Crippen molar-refractivity contribution >= 4 is 23.3 Å². The quantitative estimate of drug-likeness (QED) is 0.668. The zero-order valence-corrected chi connectivity index (χ0v) is 15.7. The smallest absolute Gasteiger partial charge is 0.252 e. The molecule has 3 aromatic rings. The van der Waals surface area contributed by atoms with Gasteiger partial charge in [0, 0.05) is 36.5 Å². The third-order valence-electron chi connectivity index (χ3n) is 4.60. The van der Waals surface area contributed by atoms with Gasteiger partial charge in [0.1, 0.15) is 12.1 Å². The molecule has 9 heteroatoms. The van der Waals surface area contributed by atoms with Crippen LogP contribution in [0.5, 0.6) is 0 Å². The van der Waals surface area contributed by atoms with E-state index in [4.69, 9.17) is 5.73 Å².